The van der Waals surface area contributed by atoms with Crippen LogP contribution in [0.3, 0.4) is 0 Å². The first-order valence-corrected chi connectivity index (χ1v) is 5.29. The zero-order valence-electron chi connectivity index (χ0n) is 10.0. The summed E-state index contributed by atoms with van der Waals surface area (Å²) in [7, 11) is 1.66. The van der Waals surface area contributed by atoms with E-state index in [1.807, 2.05) is 0 Å². The second kappa shape index (κ2) is 4.40. The van der Waals surface area contributed by atoms with Crippen molar-refractivity contribution in [3.63, 3.8) is 0 Å². The molecule has 0 fully saturated rings. The number of benzene rings is 1. The lowest BCUT2D eigenvalue weighted by atomic mass is 10.2. The molecule has 3 N–H and O–H groups in total. The Bertz CT molecular complexity index is 587. The fraction of sp³-hybridized carbons (Fsp3) is 0.167. The SMILES string of the molecule is Cc1nn(C)c(Oc2ccc(O)cc2)c1C(N)=O. The third-order valence-electron chi connectivity index (χ3n) is 2.47. The van der Waals surface area contributed by atoms with E-state index in [1.54, 1.807) is 26.1 Å². The number of phenolic OH excluding ortho intramolecular Hbond substituents is 1. The molecule has 6 nitrogen and oxygen atoms in total. The maximum Gasteiger partial charge on any atom is 0.256 e. The van der Waals surface area contributed by atoms with Gasteiger partial charge in [0.1, 0.15) is 17.1 Å². The Morgan fingerprint density at radius 1 is 1.39 bits per heavy atom. The van der Waals surface area contributed by atoms with Crippen LogP contribution in [0, 0.1) is 6.92 Å². The summed E-state index contributed by atoms with van der Waals surface area (Å²) >= 11 is 0. The highest BCUT2D eigenvalue weighted by molar-refractivity contribution is 5.96. The van der Waals surface area contributed by atoms with Crippen LogP contribution < -0.4 is 10.5 Å². The van der Waals surface area contributed by atoms with E-state index in [9.17, 15) is 9.90 Å². The van der Waals surface area contributed by atoms with E-state index >= 15 is 0 Å². The van der Waals surface area contributed by atoms with Crippen LogP contribution in [0.2, 0.25) is 0 Å². The van der Waals surface area contributed by atoms with Crippen LogP contribution in [0.5, 0.6) is 17.4 Å². The predicted molar refractivity (Wildman–Crippen MR) is 64.6 cm³/mol. The quantitative estimate of drug-likeness (QED) is 0.855. The van der Waals surface area contributed by atoms with Gasteiger partial charge in [0.2, 0.25) is 5.88 Å². The number of aromatic nitrogens is 2. The van der Waals surface area contributed by atoms with Crippen molar-refractivity contribution in [3.8, 4) is 17.4 Å². The molecule has 1 aromatic heterocycles. The molecule has 0 bridgehead atoms. The number of primary amides is 1. The van der Waals surface area contributed by atoms with Gasteiger partial charge in [-0.15, -0.1) is 0 Å². The van der Waals surface area contributed by atoms with E-state index < -0.39 is 5.91 Å². The summed E-state index contributed by atoms with van der Waals surface area (Å²) in [4.78, 5) is 11.3. The van der Waals surface area contributed by atoms with Crippen molar-refractivity contribution in [2.75, 3.05) is 0 Å². The fourth-order valence-electron chi connectivity index (χ4n) is 1.66. The number of hydrogen-bond donors (Lipinski definition) is 2. The maximum atomic E-state index is 11.3. The first-order valence-electron chi connectivity index (χ1n) is 5.29. The molecule has 0 saturated heterocycles. The second-order valence-electron chi connectivity index (χ2n) is 3.85. The lowest BCUT2D eigenvalue weighted by Gasteiger charge is -2.07. The zero-order chi connectivity index (χ0) is 13.3. The summed E-state index contributed by atoms with van der Waals surface area (Å²) < 4.78 is 7.01. The van der Waals surface area contributed by atoms with Crippen LogP contribution in [0.1, 0.15) is 16.1 Å². The summed E-state index contributed by atoms with van der Waals surface area (Å²) in [5, 5.41) is 13.3. The predicted octanol–water partition coefficient (Wildman–Crippen LogP) is 1.33. The molecule has 2 rings (SSSR count). The summed E-state index contributed by atoms with van der Waals surface area (Å²) in [5.74, 6) is 0.317. The third kappa shape index (κ3) is 2.13. The number of aromatic hydroxyl groups is 1. The Labute approximate surface area is 104 Å². The minimum atomic E-state index is -0.589. The van der Waals surface area contributed by atoms with Crippen LogP contribution in [0.15, 0.2) is 24.3 Å². The van der Waals surface area contributed by atoms with Crippen molar-refractivity contribution < 1.29 is 14.6 Å². The molecular formula is C12H13N3O3. The van der Waals surface area contributed by atoms with E-state index in [0.717, 1.165) is 0 Å². The van der Waals surface area contributed by atoms with Gasteiger partial charge in [0, 0.05) is 7.05 Å². The van der Waals surface area contributed by atoms with Gasteiger partial charge in [-0.3, -0.25) is 4.79 Å². The summed E-state index contributed by atoms with van der Waals surface area (Å²) in [5.41, 5.74) is 6.06. The van der Waals surface area contributed by atoms with E-state index in [1.165, 1.54) is 16.8 Å². The topological polar surface area (TPSA) is 90.4 Å². The monoisotopic (exact) mass is 247 g/mol. The van der Waals surface area contributed by atoms with Crippen LogP contribution in [0.4, 0.5) is 0 Å². The Hall–Kier alpha value is -2.50. The molecule has 0 spiro atoms. The molecule has 18 heavy (non-hydrogen) atoms. The van der Waals surface area contributed by atoms with E-state index in [4.69, 9.17) is 10.5 Å². The van der Waals surface area contributed by atoms with Crippen LogP contribution in [-0.2, 0) is 7.05 Å². The number of nitrogens with two attached hydrogens (primary N) is 1. The summed E-state index contributed by atoms with van der Waals surface area (Å²) in [6.07, 6.45) is 0. The highest BCUT2D eigenvalue weighted by atomic mass is 16.5. The average molecular weight is 247 g/mol. The van der Waals surface area contributed by atoms with Gasteiger partial charge in [-0.05, 0) is 31.2 Å². The van der Waals surface area contributed by atoms with Crippen molar-refractivity contribution >= 4 is 5.91 Å². The van der Waals surface area contributed by atoms with Gasteiger partial charge in [0.25, 0.3) is 5.91 Å². The lowest BCUT2D eigenvalue weighted by Crippen LogP contribution is -2.13. The van der Waals surface area contributed by atoms with Gasteiger partial charge >= 0.3 is 0 Å². The zero-order valence-corrected chi connectivity index (χ0v) is 10.0. The van der Waals surface area contributed by atoms with E-state index in [-0.39, 0.29) is 17.2 Å². The first kappa shape index (κ1) is 12.0. The van der Waals surface area contributed by atoms with Crippen molar-refractivity contribution in [1.29, 1.82) is 0 Å². The van der Waals surface area contributed by atoms with E-state index in [2.05, 4.69) is 5.10 Å². The largest absolute Gasteiger partial charge is 0.508 e. The van der Waals surface area contributed by atoms with Crippen LogP contribution in [-0.4, -0.2) is 20.8 Å². The maximum absolute atomic E-state index is 11.3. The first-order chi connectivity index (χ1) is 8.49. The fourth-order valence-corrected chi connectivity index (χ4v) is 1.66. The number of aryl methyl sites for hydroxylation is 2. The van der Waals surface area contributed by atoms with Crippen molar-refractivity contribution in [2.45, 2.75) is 6.92 Å². The highest BCUT2D eigenvalue weighted by Gasteiger charge is 2.19. The lowest BCUT2D eigenvalue weighted by molar-refractivity contribution is 0.0997. The van der Waals surface area contributed by atoms with Crippen molar-refractivity contribution in [3.05, 3.63) is 35.5 Å². The Morgan fingerprint density at radius 2 is 2.00 bits per heavy atom. The number of rotatable bonds is 3. The van der Waals surface area contributed by atoms with Gasteiger partial charge in [-0.25, -0.2) is 4.68 Å². The number of hydrogen-bond acceptors (Lipinski definition) is 4. The Kier molecular flexibility index (Phi) is 2.93. The smallest absolute Gasteiger partial charge is 0.256 e. The number of nitrogens with zero attached hydrogens (tertiary/aromatic N) is 2. The van der Waals surface area contributed by atoms with Crippen LogP contribution in [0.25, 0.3) is 0 Å². The van der Waals surface area contributed by atoms with Crippen LogP contribution >= 0.6 is 0 Å². The molecule has 2 aromatic rings. The number of carbonyl (C=O) groups is 1. The van der Waals surface area contributed by atoms with Crippen molar-refractivity contribution in [1.82, 2.24) is 9.78 Å². The molecule has 0 atom stereocenters. The number of ether oxygens (including phenoxy) is 1. The summed E-state index contributed by atoms with van der Waals surface area (Å²) in [6, 6.07) is 6.15. The molecule has 94 valence electrons. The number of phenols is 1. The molecule has 1 aromatic carbocycles. The molecule has 0 unspecified atom stereocenters. The molecule has 1 heterocycles. The van der Waals surface area contributed by atoms with Crippen molar-refractivity contribution in [2.24, 2.45) is 12.8 Å². The molecule has 6 heteroatoms. The molecule has 1 amide bonds. The van der Waals surface area contributed by atoms with E-state index in [0.29, 0.717) is 11.4 Å². The van der Waals surface area contributed by atoms with Gasteiger partial charge in [0.05, 0.1) is 5.69 Å². The average Bonchev–Trinajstić information content (AvgIpc) is 2.57. The third-order valence-corrected chi connectivity index (χ3v) is 2.47. The molecule has 0 saturated carbocycles. The van der Waals surface area contributed by atoms with Gasteiger partial charge < -0.3 is 15.6 Å². The van der Waals surface area contributed by atoms with Gasteiger partial charge in [0.15, 0.2) is 0 Å². The minimum Gasteiger partial charge on any atom is -0.508 e. The Morgan fingerprint density at radius 3 is 2.56 bits per heavy atom. The number of amides is 1. The highest BCUT2D eigenvalue weighted by Crippen LogP contribution is 2.27. The minimum absolute atomic E-state index is 0.138. The van der Waals surface area contributed by atoms with Gasteiger partial charge in [-0.1, -0.05) is 0 Å². The van der Waals surface area contributed by atoms with Gasteiger partial charge in [-0.2, -0.15) is 5.10 Å². The molecule has 0 aliphatic heterocycles. The summed E-state index contributed by atoms with van der Waals surface area (Å²) in [6.45, 7) is 1.68. The standard InChI is InChI=1S/C12H13N3O3/c1-7-10(11(13)17)12(15(2)14-7)18-9-5-3-8(16)4-6-9/h3-6,16H,1-2H3,(H2,13,17). The number of carbonyl (C=O) groups excluding carboxylic acids is 1. The molecular weight excluding hydrogens is 234 g/mol. The molecule has 0 aliphatic rings. The Balaban J connectivity index is 2.39. The second-order valence-corrected chi connectivity index (χ2v) is 3.85. The normalized spacial score (nSPS) is 10.3. The molecule has 0 aliphatic carbocycles. The molecule has 0 radical (unpaired) electrons.